The minimum atomic E-state index is -0.904. The smallest absolute Gasteiger partial charge is 0.332 e. The molecule has 126 valence electrons. The molecule has 2 aromatic heterocycles. The van der Waals surface area contributed by atoms with Gasteiger partial charge in [-0.1, -0.05) is 13.8 Å². The molecule has 0 spiro atoms. The third kappa shape index (κ3) is 2.71. The Morgan fingerprint density at radius 1 is 1.52 bits per heavy atom. The highest BCUT2D eigenvalue weighted by molar-refractivity contribution is 5.71. The van der Waals surface area contributed by atoms with E-state index in [-0.39, 0.29) is 30.6 Å². The number of hydrogen-bond acceptors (Lipinski definition) is 7. The standard InChI is InChI=1S/C14H21N5O4/c1-7(2)5-18-9-4-16-13(15)17-11(9)19(14(18)22)12-10(21)3-8(6-20)23-12/h4,7-8,10,12,20-21H,3,5-6H2,1-2H3,(H2,15,16,17)/t8-,10+,12+/m0/s1. The molecule has 3 rings (SSSR count). The molecule has 0 aliphatic carbocycles. The molecule has 1 fully saturated rings. The highest BCUT2D eigenvalue weighted by Crippen LogP contribution is 2.30. The number of aliphatic hydroxyl groups excluding tert-OH is 2. The molecule has 9 heteroatoms. The van der Waals surface area contributed by atoms with Crippen LogP contribution in [0.1, 0.15) is 26.5 Å². The average molecular weight is 323 g/mol. The molecular formula is C14H21N5O4. The Balaban J connectivity index is 2.18. The Bertz CT molecular complexity index is 768. The molecule has 3 heterocycles. The SMILES string of the molecule is CC(C)Cn1c(=O)n([C@@H]2O[C@H](CO)C[C@H]2O)c2nc(N)ncc21. The van der Waals surface area contributed by atoms with Crippen LogP contribution in [0.2, 0.25) is 0 Å². The van der Waals surface area contributed by atoms with Gasteiger partial charge in [0.15, 0.2) is 11.9 Å². The van der Waals surface area contributed by atoms with Crippen molar-refractivity contribution < 1.29 is 14.9 Å². The molecule has 1 aliphatic heterocycles. The zero-order valence-corrected chi connectivity index (χ0v) is 13.1. The summed E-state index contributed by atoms with van der Waals surface area (Å²) in [5.74, 6) is 0.281. The number of aromatic nitrogens is 4. The molecule has 1 aliphatic rings. The summed E-state index contributed by atoms with van der Waals surface area (Å²) in [7, 11) is 0. The summed E-state index contributed by atoms with van der Waals surface area (Å²) in [6.45, 7) is 4.26. The van der Waals surface area contributed by atoms with Crippen molar-refractivity contribution in [1.29, 1.82) is 0 Å². The number of nitrogen functional groups attached to an aromatic ring is 1. The van der Waals surface area contributed by atoms with Crippen LogP contribution in [0.25, 0.3) is 11.2 Å². The molecule has 0 amide bonds. The van der Waals surface area contributed by atoms with Crippen molar-refractivity contribution in [3.05, 3.63) is 16.7 Å². The number of hydrogen-bond donors (Lipinski definition) is 3. The lowest BCUT2D eigenvalue weighted by Crippen LogP contribution is -2.32. The van der Waals surface area contributed by atoms with Gasteiger partial charge in [0.1, 0.15) is 11.6 Å². The van der Waals surface area contributed by atoms with E-state index in [1.807, 2.05) is 13.8 Å². The lowest BCUT2D eigenvalue weighted by Gasteiger charge is -2.15. The van der Waals surface area contributed by atoms with Gasteiger partial charge in [-0.25, -0.2) is 14.3 Å². The fourth-order valence-corrected chi connectivity index (χ4v) is 2.92. The number of fused-ring (bicyclic) bond motifs is 1. The Morgan fingerprint density at radius 2 is 2.26 bits per heavy atom. The van der Waals surface area contributed by atoms with Crippen molar-refractivity contribution >= 4 is 17.1 Å². The molecule has 0 radical (unpaired) electrons. The van der Waals surface area contributed by atoms with Gasteiger partial charge < -0.3 is 20.7 Å². The van der Waals surface area contributed by atoms with Crippen LogP contribution in [0.5, 0.6) is 0 Å². The average Bonchev–Trinajstić information content (AvgIpc) is 2.97. The maximum atomic E-state index is 12.8. The second-order valence-electron chi connectivity index (χ2n) is 6.23. The maximum Gasteiger partial charge on any atom is 0.332 e. The minimum Gasteiger partial charge on any atom is -0.394 e. The summed E-state index contributed by atoms with van der Waals surface area (Å²) < 4.78 is 8.46. The Hall–Kier alpha value is -1.97. The lowest BCUT2D eigenvalue weighted by atomic mass is 10.2. The van der Waals surface area contributed by atoms with Crippen molar-refractivity contribution in [3.63, 3.8) is 0 Å². The first-order valence-electron chi connectivity index (χ1n) is 7.60. The van der Waals surface area contributed by atoms with Crippen LogP contribution in [0, 0.1) is 5.92 Å². The van der Waals surface area contributed by atoms with E-state index < -0.39 is 18.4 Å². The van der Waals surface area contributed by atoms with Gasteiger partial charge in [0.25, 0.3) is 0 Å². The molecule has 0 aromatic carbocycles. The number of anilines is 1. The van der Waals surface area contributed by atoms with E-state index in [4.69, 9.17) is 10.5 Å². The van der Waals surface area contributed by atoms with Gasteiger partial charge in [0.2, 0.25) is 5.95 Å². The van der Waals surface area contributed by atoms with Crippen LogP contribution >= 0.6 is 0 Å². The predicted octanol–water partition coefficient (Wildman–Crippen LogP) is -0.528. The molecule has 9 nitrogen and oxygen atoms in total. The molecule has 3 atom stereocenters. The number of nitrogens with two attached hydrogens (primary N) is 1. The monoisotopic (exact) mass is 323 g/mol. The van der Waals surface area contributed by atoms with E-state index in [0.717, 1.165) is 0 Å². The highest BCUT2D eigenvalue weighted by Gasteiger charge is 2.37. The fourth-order valence-electron chi connectivity index (χ4n) is 2.92. The molecule has 23 heavy (non-hydrogen) atoms. The second-order valence-corrected chi connectivity index (χ2v) is 6.23. The summed E-state index contributed by atoms with van der Waals surface area (Å²) in [6, 6.07) is 0. The fraction of sp³-hybridized carbons (Fsp3) is 0.643. The Labute approximate surface area is 132 Å². The van der Waals surface area contributed by atoms with Gasteiger partial charge in [-0.05, 0) is 5.92 Å². The number of rotatable bonds is 4. The van der Waals surface area contributed by atoms with E-state index in [0.29, 0.717) is 17.7 Å². The molecule has 4 N–H and O–H groups in total. The summed E-state index contributed by atoms with van der Waals surface area (Å²) >= 11 is 0. The van der Waals surface area contributed by atoms with Gasteiger partial charge in [-0.15, -0.1) is 0 Å². The molecule has 1 saturated heterocycles. The minimum absolute atomic E-state index is 0.0409. The molecule has 2 aromatic rings. The van der Waals surface area contributed by atoms with E-state index in [2.05, 4.69) is 9.97 Å². The van der Waals surface area contributed by atoms with Crippen LogP contribution < -0.4 is 11.4 Å². The lowest BCUT2D eigenvalue weighted by molar-refractivity contribution is -0.0506. The summed E-state index contributed by atoms with van der Waals surface area (Å²) in [5.41, 5.74) is 6.18. The largest absolute Gasteiger partial charge is 0.394 e. The van der Waals surface area contributed by atoms with Crippen LogP contribution in [0.15, 0.2) is 11.0 Å². The van der Waals surface area contributed by atoms with Crippen molar-refractivity contribution in [2.45, 2.75) is 45.2 Å². The van der Waals surface area contributed by atoms with E-state index in [1.54, 1.807) is 4.57 Å². The molecular weight excluding hydrogens is 302 g/mol. The second kappa shape index (κ2) is 5.91. The topological polar surface area (TPSA) is 128 Å². The van der Waals surface area contributed by atoms with Gasteiger partial charge in [-0.3, -0.25) is 4.57 Å². The number of imidazole rings is 1. The molecule has 0 saturated carbocycles. The highest BCUT2D eigenvalue weighted by atomic mass is 16.5. The van der Waals surface area contributed by atoms with E-state index in [1.165, 1.54) is 10.8 Å². The third-order valence-electron chi connectivity index (χ3n) is 3.90. The first kappa shape index (κ1) is 15.9. The van der Waals surface area contributed by atoms with Crippen molar-refractivity contribution in [1.82, 2.24) is 19.1 Å². The van der Waals surface area contributed by atoms with Crippen LogP contribution in [-0.2, 0) is 11.3 Å². The normalized spacial score (nSPS) is 24.8. The van der Waals surface area contributed by atoms with Crippen molar-refractivity contribution in [3.8, 4) is 0 Å². The summed E-state index contributed by atoms with van der Waals surface area (Å²) in [4.78, 5) is 20.9. The van der Waals surface area contributed by atoms with Gasteiger partial charge in [0.05, 0.1) is 18.9 Å². The Kier molecular flexibility index (Phi) is 4.09. The molecule has 0 unspecified atom stereocenters. The first-order valence-corrected chi connectivity index (χ1v) is 7.60. The third-order valence-corrected chi connectivity index (χ3v) is 3.90. The maximum absolute atomic E-state index is 12.8. The van der Waals surface area contributed by atoms with Crippen LogP contribution in [-0.4, -0.2) is 48.1 Å². The zero-order valence-electron chi connectivity index (χ0n) is 13.1. The summed E-state index contributed by atoms with van der Waals surface area (Å²) in [5, 5.41) is 19.4. The quantitative estimate of drug-likeness (QED) is 0.690. The number of nitrogens with zero attached hydrogens (tertiary/aromatic N) is 4. The van der Waals surface area contributed by atoms with Crippen LogP contribution in [0.3, 0.4) is 0 Å². The van der Waals surface area contributed by atoms with Gasteiger partial charge in [0, 0.05) is 13.0 Å². The van der Waals surface area contributed by atoms with E-state index in [9.17, 15) is 15.0 Å². The van der Waals surface area contributed by atoms with Crippen LogP contribution in [0.4, 0.5) is 5.95 Å². The number of aliphatic hydroxyl groups is 2. The van der Waals surface area contributed by atoms with E-state index >= 15 is 0 Å². The number of ether oxygens (including phenoxy) is 1. The predicted molar refractivity (Wildman–Crippen MR) is 82.7 cm³/mol. The summed E-state index contributed by atoms with van der Waals surface area (Å²) in [6.07, 6.45) is -0.554. The van der Waals surface area contributed by atoms with Crippen molar-refractivity contribution in [2.24, 2.45) is 5.92 Å². The zero-order chi connectivity index (χ0) is 16.7. The van der Waals surface area contributed by atoms with Gasteiger partial charge >= 0.3 is 5.69 Å². The van der Waals surface area contributed by atoms with Gasteiger partial charge in [-0.2, -0.15) is 4.98 Å². The van der Waals surface area contributed by atoms with Crippen molar-refractivity contribution in [2.75, 3.05) is 12.3 Å². The molecule has 0 bridgehead atoms. The first-order chi connectivity index (χ1) is 10.9. The Morgan fingerprint density at radius 3 is 2.87 bits per heavy atom.